The van der Waals surface area contributed by atoms with Gasteiger partial charge in [-0.2, -0.15) is 0 Å². The van der Waals surface area contributed by atoms with Gasteiger partial charge < -0.3 is 10.6 Å². The van der Waals surface area contributed by atoms with Crippen molar-refractivity contribution in [1.82, 2.24) is 4.90 Å². The van der Waals surface area contributed by atoms with Gasteiger partial charge in [0.05, 0.1) is 0 Å². The Balaban J connectivity index is 1.76. The number of amides is 1. The van der Waals surface area contributed by atoms with E-state index in [9.17, 15) is 4.79 Å². The first-order valence-corrected chi connectivity index (χ1v) is 7.80. The predicted molar refractivity (Wildman–Crippen MR) is 76.4 cm³/mol. The zero-order valence-corrected chi connectivity index (χ0v) is 11.8. The maximum absolute atomic E-state index is 10.5. The van der Waals surface area contributed by atoms with Gasteiger partial charge in [-0.3, -0.25) is 4.79 Å². The van der Waals surface area contributed by atoms with Crippen LogP contribution in [0, 0.1) is 0 Å². The average Bonchev–Trinajstić information content (AvgIpc) is 2.37. The summed E-state index contributed by atoms with van der Waals surface area (Å²) in [5.74, 6) is -0.156. The molecule has 0 aromatic carbocycles. The quantitative estimate of drug-likeness (QED) is 0.609. The van der Waals surface area contributed by atoms with E-state index in [1.807, 2.05) is 0 Å². The van der Waals surface area contributed by atoms with E-state index in [0.717, 1.165) is 12.8 Å². The third-order valence-corrected chi connectivity index (χ3v) is 3.85. The molecule has 106 valence electrons. The molecule has 0 saturated carbocycles. The Morgan fingerprint density at radius 3 is 2.00 bits per heavy atom. The zero-order valence-electron chi connectivity index (χ0n) is 11.8. The Bertz CT molecular complexity index is 213. The molecule has 1 saturated heterocycles. The lowest BCUT2D eigenvalue weighted by Crippen LogP contribution is -2.30. The first kappa shape index (κ1) is 15.5. The molecular formula is C15H30N2O. The van der Waals surface area contributed by atoms with E-state index in [1.54, 1.807) is 0 Å². The van der Waals surface area contributed by atoms with E-state index < -0.39 is 0 Å². The molecular weight excluding hydrogens is 224 g/mol. The largest absolute Gasteiger partial charge is 0.370 e. The van der Waals surface area contributed by atoms with Crippen LogP contribution in [0.25, 0.3) is 0 Å². The lowest BCUT2D eigenvalue weighted by molar-refractivity contribution is -0.118. The van der Waals surface area contributed by atoms with Crippen molar-refractivity contribution >= 4 is 5.91 Å². The maximum atomic E-state index is 10.5. The highest BCUT2D eigenvalue weighted by Gasteiger charge is 2.08. The second-order valence-electron chi connectivity index (χ2n) is 5.59. The third-order valence-electron chi connectivity index (χ3n) is 3.85. The summed E-state index contributed by atoms with van der Waals surface area (Å²) in [5.41, 5.74) is 5.10. The number of likely N-dealkylation sites (tertiary alicyclic amines) is 1. The highest BCUT2D eigenvalue weighted by atomic mass is 16.1. The van der Waals surface area contributed by atoms with E-state index in [2.05, 4.69) is 4.90 Å². The summed E-state index contributed by atoms with van der Waals surface area (Å²) >= 11 is 0. The number of hydrogen-bond donors (Lipinski definition) is 1. The molecule has 0 spiro atoms. The van der Waals surface area contributed by atoms with Crippen molar-refractivity contribution in [2.45, 2.75) is 70.6 Å². The molecule has 0 aliphatic carbocycles. The van der Waals surface area contributed by atoms with Gasteiger partial charge >= 0.3 is 0 Å². The van der Waals surface area contributed by atoms with Crippen LogP contribution in [-0.2, 0) is 4.79 Å². The smallest absolute Gasteiger partial charge is 0.217 e. The van der Waals surface area contributed by atoms with Gasteiger partial charge in [0.2, 0.25) is 5.91 Å². The molecule has 1 aliphatic heterocycles. The third kappa shape index (κ3) is 8.51. The minimum Gasteiger partial charge on any atom is -0.370 e. The number of unbranched alkanes of at least 4 members (excludes halogenated alkanes) is 6. The standard InChI is InChI=1S/C15H30N2O/c16-15(18)11-7-4-2-1-3-5-8-12-17-13-9-6-10-14-17/h1-14H2,(H2,16,18). The monoisotopic (exact) mass is 254 g/mol. The van der Waals surface area contributed by atoms with E-state index >= 15 is 0 Å². The molecule has 3 nitrogen and oxygen atoms in total. The Morgan fingerprint density at radius 1 is 0.833 bits per heavy atom. The Hall–Kier alpha value is -0.570. The van der Waals surface area contributed by atoms with Crippen molar-refractivity contribution < 1.29 is 4.79 Å². The van der Waals surface area contributed by atoms with Crippen LogP contribution < -0.4 is 5.73 Å². The van der Waals surface area contributed by atoms with Gasteiger partial charge in [-0.05, 0) is 45.3 Å². The van der Waals surface area contributed by atoms with Gasteiger partial charge in [-0.15, -0.1) is 0 Å². The van der Waals surface area contributed by atoms with E-state index in [1.165, 1.54) is 71.0 Å². The molecule has 18 heavy (non-hydrogen) atoms. The molecule has 0 radical (unpaired) electrons. The van der Waals surface area contributed by atoms with Crippen LogP contribution in [0.5, 0.6) is 0 Å². The number of carbonyl (C=O) groups excluding carboxylic acids is 1. The normalized spacial score (nSPS) is 16.9. The van der Waals surface area contributed by atoms with Crippen molar-refractivity contribution in [3.63, 3.8) is 0 Å². The Morgan fingerprint density at radius 2 is 1.39 bits per heavy atom. The molecule has 0 aromatic heterocycles. The summed E-state index contributed by atoms with van der Waals surface area (Å²) in [6.45, 7) is 3.96. The van der Waals surface area contributed by atoms with Crippen LogP contribution >= 0.6 is 0 Å². The highest BCUT2D eigenvalue weighted by molar-refractivity contribution is 5.73. The molecule has 0 bridgehead atoms. The molecule has 1 rings (SSSR count). The SMILES string of the molecule is NC(=O)CCCCCCCCCN1CCCCC1. The molecule has 1 heterocycles. The Labute approximate surface area is 112 Å². The fourth-order valence-corrected chi connectivity index (χ4v) is 2.70. The first-order chi connectivity index (χ1) is 8.79. The number of hydrogen-bond acceptors (Lipinski definition) is 2. The minimum absolute atomic E-state index is 0.156. The molecule has 0 aromatic rings. The molecule has 1 aliphatic rings. The van der Waals surface area contributed by atoms with Crippen molar-refractivity contribution in [2.75, 3.05) is 19.6 Å². The highest BCUT2D eigenvalue weighted by Crippen LogP contribution is 2.12. The number of piperidine rings is 1. The molecule has 0 atom stereocenters. The lowest BCUT2D eigenvalue weighted by atomic mass is 10.1. The second kappa shape index (κ2) is 10.4. The van der Waals surface area contributed by atoms with Gasteiger partial charge in [0.15, 0.2) is 0 Å². The van der Waals surface area contributed by atoms with E-state index in [0.29, 0.717) is 6.42 Å². The number of rotatable bonds is 10. The summed E-state index contributed by atoms with van der Waals surface area (Å²) in [6, 6.07) is 0. The topological polar surface area (TPSA) is 46.3 Å². The lowest BCUT2D eigenvalue weighted by Gasteiger charge is -2.26. The van der Waals surface area contributed by atoms with E-state index in [4.69, 9.17) is 5.73 Å². The molecule has 1 fully saturated rings. The molecule has 2 N–H and O–H groups in total. The van der Waals surface area contributed by atoms with Crippen LogP contribution in [0.4, 0.5) is 0 Å². The number of primary amides is 1. The van der Waals surface area contributed by atoms with Crippen molar-refractivity contribution in [3.05, 3.63) is 0 Å². The zero-order chi connectivity index (χ0) is 13.1. The van der Waals surface area contributed by atoms with E-state index in [-0.39, 0.29) is 5.91 Å². The van der Waals surface area contributed by atoms with Crippen molar-refractivity contribution in [2.24, 2.45) is 5.73 Å². The fraction of sp³-hybridized carbons (Fsp3) is 0.933. The molecule has 1 amide bonds. The minimum atomic E-state index is -0.156. The van der Waals surface area contributed by atoms with Crippen LogP contribution in [0.1, 0.15) is 70.6 Å². The summed E-state index contributed by atoms with van der Waals surface area (Å²) in [4.78, 5) is 13.2. The summed E-state index contributed by atoms with van der Waals surface area (Å²) < 4.78 is 0. The second-order valence-corrected chi connectivity index (χ2v) is 5.59. The van der Waals surface area contributed by atoms with Crippen LogP contribution in [0.15, 0.2) is 0 Å². The van der Waals surface area contributed by atoms with Crippen LogP contribution in [0.2, 0.25) is 0 Å². The van der Waals surface area contributed by atoms with Crippen molar-refractivity contribution in [1.29, 1.82) is 0 Å². The van der Waals surface area contributed by atoms with Crippen LogP contribution in [0.3, 0.4) is 0 Å². The van der Waals surface area contributed by atoms with Gasteiger partial charge in [0.1, 0.15) is 0 Å². The van der Waals surface area contributed by atoms with Crippen LogP contribution in [-0.4, -0.2) is 30.4 Å². The maximum Gasteiger partial charge on any atom is 0.217 e. The number of nitrogens with zero attached hydrogens (tertiary/aromatic N) is 1. The summed E-state index contributed by atoms with van der Waals surface area (Å²) in [5, 5.41) is 0. The number of carbonyl (C=O) groups is 1. The molecule has 3 heteroatoms. The van der Waals surface area contributed by atoms with Gasteiger partial charge in [-0.1, -0.05) is 38.5 Å². The van der Waals surface area contributed by atoms with Gasteiger partial charge in [0, 0.05) is 6.42 Å². The average molecular weight is 254 g/mol. The summed E-state index contributed by atoms with van der Waals surface area (Å²) in [7, 11) is 0. The Kier molecular flexibility index (Phi) is 8.92. The molecule has 0 unspecified atom stereocenters. The number of nitrogens with two attached hydrogens (primary N) is 1. The predicted octanol–water partition coefficient (Wildman–Crippen LogP) is 3.08. The first-order valence-electron chi connectivity index (χ1n) is 7.80. The fourth-order valence-electron chi connectivity index (χ4n) is 2.70. The van der Waals surface area contributed by atoms with Gasteiger partial charge in [-0.25, -0.2) is 0 Å². The van der Waals surface area contributed by atoms with Gasteiger partial charge in [0.25, 0.3) is 0 Å². The summed E-state index contributed by atoms with van der Waals surface area (Å²) in [6.07, 6.45) is 13.6. The van der Waals surface area contributed by atoms with Crippen molar-refractivity contribution in [3.8, 4) is 0 Å².